The Bertz CT molecular complexity index is 1230. The molecule has 0 unspecified atom stereocenters. The van der Waals surface area contributed by atoms with Gasteiger partial charge in [-0.15, -0.1) is 0 Å². The number of hydrogen-bond acceptors (Lipinski definition) is 7. The van der Waals surface area contributed by atoms with Crippen molar-refractivity contribution in [3.8, 4) is 0 Å². The van der Waals surface area contributed by atoms with Gasteiger partial charge in [0.25, 0.3) is 5.91 Å². The molecule has 0 spiro atoms. The van der Waals surface area contributed by atoms with Gasteiger partial charge < -0.3 is 23.9 Å². The number of morpholine rings is 1. The fourth-order valence-corrected chi connectivity index (χ4v) is 4.41. The Morgan fingerprint density at radius 3 is 2.75 bits per heavy atom. The van der Waals surface area contributed by atoms with Crippen LogP contribution in [0.15, 0.2) is 45.9 Å². The van der Waals surface area contributed by atoms with E-state index in [1.165, 1.54) is 16.5 Å². The smallest absolute Gasteiger partial charge is 0.253 e. The van der Waals surface area contributed by atoms with Crippen molar-refractivity contribution in [3.63, 3.8) is 0 Å². The maximum Gasteiger partial charge on any atom is 0.253 e. The van der Waals surface area contributed by atoms with Crippen LogP contribution in [-0.2, 0) is 17.7 Å². The van der Waals surface area contributed by atoms with Crippen LogP contribution >= 0.6 is 0 Å². The summed E-state index contributed by atoms with van der Waals surface area (Å²) in [5.41, 5.74) is 4.01. The molecule has 4 heterocycles. The van der Waals surface area contributed by atoms with Gasteiger partial charge in [-0.3, -0.25) is 14.6 Å². The second-order valence-corrected chi connectivity index (χ2v) is 8.44. The van der Waals surface area contributed by atoms with Crippen LogP contribution in [0, 0.1) is 0 Å². The first-order valence-electron chi connectivity index (χ1n) is 10.8. The van der Waals surface area contributed by atoms with Gasteiger partial charge in [-0.2, -0.15) is 0 Å². The minimum absolute atomic E-state index is 0.145. The highest BCUT2D eigenvalue weighted by Gasteiger charge is 2.23. The van der Waals surface area contributed by atoms with Crippen LogP contribution in [0.1, 0.15) is 21.5 Å². The molecule has 2 aromatic heterocycles. The quantitative estimate of drug-likeness (QED) is 0.623. The van der Waals surface area contributed by atoms with Crippen LogP contribution in [0.5, 0.6) is 0 Å². The lowest BCUT2D eigenvalue weighted by molar-refractivity contribution is 0.0827. The number of hydrogen-bond donors (Lipinski definition) is 0. The molecule has 1 aromatic carbocycles. The lowest BCUT2D eigenvalue weighted by Gasteiger charge is -2.27. The summed E-state index contributed by atoms with van der Waals surface area (Å²) in [6.45, 7) is 3.92. The average molecular weight is 434 g/mol. The van der Waals surface area contributed by atoms with Crippen LogP contribution in [0.25, 0.3) is 11.0 Å². The van der Waals surface area contributed by atoms with Crippen molar-refractivity contribution < 1.29 is 13.9 Å². The van der Waals surface area contributed by atoms with Gasteiger partial charge in [-0.25, -0.2) is 0 Å². The highest BCUT2D eigenvalue weighted by Crippen LogP contribution is 2.31. The standard InChI is InChI=1S/C24H26N4O4/c1-26(2)24(30)17-11-18(15-28-6-4-16-3-5-25-14-20(16)28)23-19(12-17)21(29)13-22(32-23)27-7-9-31-10-8-27/h3,5,11-14H,4,6-10,15H2,1-2H3. The van der Waals surface area contributed by atoms with E-state index in [1.54, 1.807) is 20.2 Å². The molecule has 1 saturated heterocycles. The second kappa shape index (κ2) is 8.27. The number of ether oxygens (including phenoxy) is 1. The number of anilines is 2. The molecule has 5 rings (SSSR count). The third-order valence-corrected chi connectivity index (χ3v) is 6.11. The first kappa shape index (κ1) is 20.5. The summed E-state index contributed by atoms with van der Waals surface area (Å²) < 4.78 is 11.7. The fraction of sp³-hybridized carbons (Fsp3) is 0.375. The molecule has 166 valence electrons. The summed E-state index contributed by atoms with van der Waals surface area (Å²) in [6, 6.07) is 7.06. The number of pyridine rings is 1. The molecule has 0 N–H and O–H groups in total. The number of rotatable bonds is 4. The molecule has 1 amide bonds. The largest absolute Gasteiger partial charge is 0.440 e. The summed E-state index contributed by atoms with van der Waals surface area (Å²) in [4.78, 5) is 35.9. The molecular formula is C24H26N4O4. The minimum Gasteiger partial charge on any atom is -0.440 e. The molecule has 0 radical (unpaired) electrons. The average Bonchev–Trinajstić information content (AvgIpc) is 3.22. The Balaban J connectivity index is 1.63. The number of amides is 1. The summed E-state index contributed by atoms with van der Waals surface area (Å²) in [6.07, 6.45) is 4.62. The molecule has 8 heteroatoms. The summed E-state index contributed by atoms with van der Waals surface area (Å²) in [5, 5.41) is 0.426. The normalized spacial score (nSPS) is 15.8. The third kappa shape index (κ3) is 3.71. The van der Waals surface area contributed by atoms with E-state index in [4.69, 9.17) is 9.15 Å². The van der Waals surface area contributed by atoms with Crippen molar-refractivity contribution in [3.05, 3.63) is 63.6 Å². The van der Waals surface area contributed by atoms with Gasteiger partial charge >= 0.3 is 0 Å². The molecule has 2 aliphatic heterocycles. The van der Waals surface area contributed by atoms with Crippen molar-refractivity contribution in [2.24, 2.45) is 0 Å². The van der Waals surface area contributed by atoms with Crippen molar-refractivity contribution in [1.29, 1.82) is 0 Å². The van der Waals surface area contributed by atoms with Gasteiger partial charge in [0.15, 0.2) is 11.3 Å². The van der Waals surface area contributed by atoms with Crippen LogP contribution in [0.2, 0.25) is 0 Å². The number of carbonyl (C=O) groups is 1. The number of aromatic nitrogens is 1. The number of fused-ring (bicyclic) bond motifs is 2. The number of carbonyl (C=O) groups excluding carboxylic acids is 1. The fourth-order valence-electron chi connectivity index (χ4n) is 4.41. The van der Waals surface area contributed by atoms with Gasteiger partial charge in [-0.1, -0.05) is 0 Å². The van der Waals surface area contributed by atoms with E-state index in [2.05, 4.69) is 9.88 Å². The van der Waals surface area contributed by atoms with Gasteiger partial charge in [-0.05, 0) is 30.2 Å². The maximum absolute atomic E-state index is 13.1. The van der Waals surface area contributed by atoms with Gasteiger partial charge in [0.2, 0.25) is 0 Å². The molecular weight excluding hydrogens is 408 g/mol. The molecule has 32 heavy (non-hydrogen) atoms. The van der Waals surface area contributed by atoms with Gasteiger partial charge in [0.05, 0.1) is 30.5 Å². The zero-order chi connectivity index (χ0) is 22.2. The lowest BCUT2D eigenvalue weighted by Crippen LogP contribution is -2.36. The topological polar surface area (TPSA) is 79.1 Å². The molecule has 0 atom stereocenters. The van der Waals surface area contributed by atoms with Crippen molar-refractivity contribution >= 4 is 28.4 Å². The monoisotopic (exact) mass is 434 g/mol. The number of nitrogens with zero attached hydrogens (tertiary/aromatic N) is 4. The van der Waals surface area contributed by atoms with E-state index in [1.807, 2.05) is 29.4 Å². The highest BCUT2D eigenvalue weighted by molar-refractivity contribution is 5.98. The molecule has 0 bridgehead atoms. The van der Waals surface area contributed by atoms with E-state index in [-0.39, 0.29) is 11.3 Å². The summed E-state index contributed by atoms with van der Waals surface area (Å²) in [7, 11) is 3.41. The van der Waals surface area contributed by atoms with Crippen LogP contribution in [0.3, 0.4) is 0 Å². The Morgan fingerprint density at radius 2 is 1.97 bits per heavy atom. The first-order chi connectivity index (χ1) is 15.5. The van der Waals surface area contributed by atoms with Gasteiger partial charge in [0, 0.05) is 63.7 Å². The molecule has 8 nitrogen and oxygen atoms in total. The first-order valence-corrected chi connectivity index (χ1v) is 10.8. The lowest BCUT2D eigenvalue weighted by atomic mass is 10.0. The van der Waals surface area contributed by atoms with Crippen LogP contribution in [0.4, 0.5) is 11.6 Å². The molecule has 2 aliphatic rings. The molecule has 3 aromatic rings. The highest BCUT2D eigenvalue weighted by atomic mass is 16.5. The number of benzene rings is 1. The van der Waals surface area contributed by atoms with Crippen LogP contribution in [-0.4, -0.2) is 62.7 Å². The van der Waals surface area contributed by atoms with Crippen molar-refractivity contribution in [2.75, 3.05) is 56.7 Å². The van der Waals surface area contributed by atoms with E-state index in [0.29, 0.717) is 55.3 Å². The Morgan fingerprint density at radius 1 is 1.16 bits per heavy atom. The summed E-state index contributed by atoms with van der Waals surface area (Å²) in [5.74, 6) is 0.399. The van der Waals surface area contributed by atoms with E-state index >= 15 is 0 Å². The van der Waals surface area contributed by atoms with Crippen molar-refractivity contribution in [2.45, 2.75) is 13.0 Å². The SMILES string of the molecule is CN(C)C(=O)c1cc(CN2CCc3ccncc32)c2oc(N3CCOCC3)cc(=O)c2c1. The molecule has 0 saturated carbocycles. The predicted octanol–water partition coefficient (Wildman–Crippen LogP) is 2.29. The molecule has 1 fully saturated rings. The zero-order valence-electron chi connectivity index (χ0n) is 18.3. The van der Waals surface area contributed by atoms with E-state index in [9.17, 15) is 9.59 Å². The minimum atomic E-state index is -0.147. The van der Waals surface area contributed by atoms with E-state index in [0.717, 1.165) is 24.2 Å². The second-order valence-electron chi connectivity index (χ2n) is 8.44. The van der Waals surface area contributed by atoms with E-state index < -0.39 is 0 Å². The summed E-state index contributed by atoms with van der Waals surface area (Å²) >= 11 is 0. The Labute approximate surface area is 186 Å². The predicted molar refractivity (Wildman–Crippen MR) is 123 cm³/mol. The van der Waals surface area contributed by atoms with Crippen molar-refractivity contribution in [1.82, 2.24) is 9.88 Å². The maximum atomic E-state index is 13.1. The van der Waals surface area contributed by atoms with Gasteiger partial charge in [0.1, 0.15) is 5.58 Å². The van der Waals surface area contributed by atoms with Crippen LogP contribution < -0.4 is 15.2 Å². The molecule has 0 aliphatic carbocycles. The third-order valence-electron chi connectivity index (χ3n) is 6.11. The Hall–Kier alpha value is -3.39. The Kier molecular flexibility index (Phi) is 5.30. The zero-order valence-corrected chi connectivity index (χ0v) is 18.3.